The van der Waals surface area contributed by atoms with Crippen molar-refractivity contribution >= 4 is 34.2 Å². The van der Waals surface area contributed by atoms with E-state index in [4.69, 9.17) is 21.1 Å². The van der Waals surface area contributed by atoms with E-state index in [2.05, 4.69) is 0 Å². The Bertz CT molecular complexity index is 353. The molecule has 14 heavy (non-hydrogen) atoms. The Morgan fingerprint density at radius 2 is 2.00 bits per heavy atom. The molecule has 0 aliphatic carbocycles. The molecule has 0 N–H and O–H groups in total. The Labute approximate surface area is 99.5 Å². The fourth-order valence-corrected chi connectivity index (χ4v) is 1.99. The summed E-state index contributed by atoms with van der Waals surface area (Å²) >= 11 is 7.79. The number of hydrogen-bond donors (Lipinski definition) is 0. The molecule has 1 aromatic rings. The molecule has 0 radical (unpaired) electrons. The standard InChI is InChI=1S/C9H7ClFIO2/c10-6-4-7(11)8(12)3-5(6)9-13-1-2-14-9/h3-4,9H,1-2H2. The summed E-state index contributed by atoms with van der Waals surface area (Å²) in [4.78, 5) is 0. The zero-order valence-electron chi connectivity index (χ0n) is 7.10. The molecular formula is C9H7ClFIO2. The van der Waals surface area contributed by atoms with E-state index in [-0.39, 0.29) is 5.82 Å². The second-order valence-electron chi connectivity index (χ2n) is 2.86. The zero-order valence-corrected chi connectivity index (χ0v) is 10.0. The van der Waals surface area contributed by atoms with Gasteiger partial charge in [-0.3, -0.25) is 0 Å². The van der Waals surface area contributed by atoms with E-state index in [0.29, 0.717) is 27.4 Å². The number of hydrogen-bond acceptors (Lipinski definition) is 2. The minimum Gasteiger partial charge on any atom is -0.346 e. The lowest BCUT2D eigenvalue weighted by atomic mass is 10.2. The third-order valence-corrected chi connectivity index (χ3v) is 3.07. The molecule has 1 aliphatic heterocycles. The van der Waals surface area contributed by atoms with Gasteiger partial charge in [-0.25, -0.2) is 4.39 Å². The summed E-state index contributed by atoms with van der Waals surface area (Å²) in [6, 6.07) is 2.93. The minimum atomic E-state index is -0.448. The van der Waals surface area contributed by atoms with E-state index in [1.54, 1.807) is 6.07 Å². The maximum absolute atomic E-state index is 13.1. The molecule has 1 aliphatic rings. The maximum atomic E-state index is 13.1. The van der Waals surface area contributed by atoms with E-state index in [1.807, 2.05) is 22.6 Å². The first-order valence-electron chi connectivity index (χ1n) is 4.06. The van der Waals surface area contributed by atoms with Crippen molar-refractivity contribution in [1.29, 1.82) is 0 Å². The first-order chi connectivity index (χ1) is 6.68. The summed E-state index contributed by atoms with van der Waals surface area (Å²) < 4.78 is 24.2. The topological polar surface area (TPSA) is 18.5 Å². The van der Waals surface area contributed by atoms with Gasteiger partial charge in [-0.1, -0.05) is 11.6 Å². The van der Waals surface area contributed by atoms with Gasteiger partial charge < -0.3 is 9.47 Å². The lowest BCUT2D eigenvalue weighted by Crippen LogP contribution is -2.00. The fraction of sp³-hybridized carbons (Fsp3) is 0.333. The highest BCUT2D eigenvalue weighted by Crippen LogP contribution is 2.31. The molecule has 2 rings (SSSR count). The Balaban J connectivity index is 2.37. The number of halogens is 3. The molecule has 1 fully saturated rings. The third kappa shape index (κ3) is 2.03. The summed E-state index contributed by atoms with van der Waals surface area (Å²) in [6.07, 6.45) is -0.448. The van der Waals surface area contributed by atoms with Crippen molar-refractivity contribution in [3.05, 3.63) is 32.1 Å². The van der Waals surface area contributed by atoms with Gasteiger partial charge in [-0.2, -0.15) is 0 Å². The highest BCUT2D eigenvalue weighted by atomic mass is 127. The maximum Gasteiger partial charge on any atom is 0.185 e. The largest absolute Gasteiger partial charge is 0.346 e. The molecule has 0 unspecified atom stereocenters. The molecule has 2 nitrogen and oxygen atoms in total. The minimum absolute atomic E-state index is 0.322. The monoisotopic (exact) mass is 328 g/mol. The number of benzene rings is 1. The van der Waals surface area contributed by atoms with E-state index in [1.165, 1.54) is 6.07 Å². The van der Waals surface area contributed by atoms with Gasteiger partial charge in [-0.15, -0.1) is 0 Å². The van der Waals surface area contributed by atoms with Crippen LogP contribution in [-0.2, 0) is 9.47 Å². The summed E-state index contributed by atoms with van der Waals surface area (Å²) in [5, 5.41) is 0.342. The van der Waals surface area contributed by atoms with Gasteiger partial charge in [0.25, 0.3) is 0 Å². The third-order valence-electron chi connectivity index (χ3n) is 1.92. The molecule has 1 aromatic carbocycles. The van der Waals surface area contributed by atoms with Crippen LogP contribution >= 0.6 is 34.2 Å². The lowest BCUT2D eigenvalue weighted by molar-refractivity contribution is -0.0441. The van der Waals surface area contributed by atoms with Crippen LogP contribution in [0.25, 0.3) is 0 Å². The van der Waals surface area contributed by atoms with Crippen LogP contribution < -0.4 is 0 Å². The Kier molecular flexibility index (Phi) is 3.26. The molecule has 0 amide bonds. The first-order valence-corrected chi connectivity index (χ1v) is 5.52. The van der Waals surface area contributed by atoms with Crippen molar-refractivity contribution in [2.45, 2.75) is 6.29 Å². The van der Waals surface area contributed by atoms with Gasteiger partial charge >= 0.3 is 0 Å². The average molecular weight is 329 g/mol. The summed E-state index contributed by atoms with van der Waals surface area (Å²) in [6.45, 7) is 1.10. The SMILES string of the molecule is Fc1cc(Cl)c(C2OCCO2)cc1I. The zero-order chi connectivity index (χ0) is 10.1. The first kappa shape index (κ1) is 10.6. The molecule has 0 aromatic heterocycles. The van der Waals surface area contributed by atoms with E-state index in [9.17, 15) is 4.39 Å². The van der Waals surface area contributed by atoms with Gasteiger partial charge in [-0.05, 0) is 34.7 Å². The van der Waals surface area contributed by atoms with Crippen LogP contribution in [0.3, 0.4) is 0 Å². The number of ether oxygens (including phenoxy) is 2. The van der Waals surface area contributed by atoms with Crippen molar-refractivity contribution in [3.8, 4) is 0 Å². The fourth-order valence-electron chi connectivity index (χ4n) is 1.26. The van der Waals surface area contributed by atoms with Crippen LogP contribution in [0.4, 0.5) is 4.39 Å². The predicted molar refractivity (Wildman–Crippen MR) is 58.8 cm³/mol. The van der Waals surface area contributed by atoms with Crippen molar-refractivity contribution in [3.63, 3.8) is 0 Å². The van der Waals surface area contributed by atoms with E-state index in [0.717, 1.165) is 0 Å². The van der Waals surface area contributed by atoms with Crippen molar-refractivity contribution < 1.29 is 13.9 Å². The molecule has 0 spiro atoms. The van der Waals surface area contributed by atoms with Gasteiger partial charge in [0.15, 0.2) is 6.29 Å². The van der Waals surface area contributed by atoms with Gasteiger partial charge in [0.1, 0.15) is 5.82 Å². The lowest BCUT2D eigenvalue weighted by Gasteiger charge is -2.11. The normalized spacial score (nSPS) is 17.6. The molecule has 5 heteroatoms. The van der Waals surface area contributed by atoms with Crippen LogP contribution in [0.1, 0.15) is 11.9 Å². The Morgan fingerprint density at radius 3 is 2.64 bits per heavy atom. The highest BCUT2D eigenvalue weighted by molar-refractivity contribution is 14.1. The van der Waals surface area contributed by atoms with Crippen LogP contribution in [0, 0.1) is 9.39 Å². The molecule has 0 atom stereocenters. The van der Waals surface area contributed by atoms with E-state index < -0.39 is 6.29 Å². The number of rotatable bonds is 1. The van der Waals surface area contributed by atoms with Crippen molar-refractivity contribution in [2.24, 2.45) is 0 Å². The van der Waals surface area contributed by atoms with Crippen LogP contribution in [0.15, 0.2) is 12.1 Å². The average Bonchev–Trinajstić information content (AvgIpc) is 2.64. The molecule has 1 heterocycles. The second kappa shape index (κ2) is 4.30. The van der Waals surface area contributed by atoms with Gasteiger partial charge in [0, 0.05) is 9.13 Å². The van der Waals surface area contributed by atoms with Gasteiger partial charge in [0.05, 0.1) is 18.2 Å². The summed E-state index contributed by atoms with van der Waals surface area (Å²) in [7, 11) is 0. The summed E-state index contributed by atoms with van der Waals surface area (Å²) in [5.41, 5.74) is 0.690. The quantitative estimate of drug-likeness (QED) is 0.582. The van der Waals surface area contributed by atoms with Crippen molar-refractivity contribution in [2.75, 3.05) is 13.2 Å². The van der Waals surface area contributed by atoms with Crippen LogP contribution in [0.5, 0.6) is 0 Å². The van der Waals surface area contributed by atoms with Crippen molar-refractivity contribution in [1.82, 2.24) is 0 Å². The predicted octanol–water partition coefficient (Wildman–Crippen LogP) is 3.13. The molecule has 76 valence electrons. The highest BCUT2D eigenvalue weighted by Gasteiger charge is 2.22. The smallest absolute Gasteiger partial charge is 0.185 e. The molecule has 1 saturated heterocycles. The van der Waals surface area contributed by atoms with Crippen LogP contribution in [0.2, 0.25) is 5.02 Å². The molecular weight excluding hydrogens is 321 g/mol. The molecule has 0 saturated carbocycles. The Morgan fingerprint density at radius 1 is 1.36 bits per heavy atom. The summed E-state index contributed by atoms with van der Waals surface area (Å²) in [5.74, 6) is -0.322. The van der Waals surface area contributed by atoms with E-state index >= 15 is 0 Å². The van der Waals surface area contributed by atoms with Crippen LogP contribution in [-0.4, -0.2) is 13.2 Å². The Hall–Kier alpha value is 0.0900. The van der Waals surface area contributed by atoms with Gasteiger partial charge in [0.2, 0.25) is 0 Å². The second-order valence-corrected chi connectivity index (χ2v) is 4.43. The molecule has 0 bridgehead atoms.